The number of amides is 1. The lowest BCUT2D eigenvalue weighted by atomic mass is 10.2. The highest BCUT2D eigenvalue weighted by Gasteiger charge is 2.07. The standard InChI is InChI=1S/C19H15N3OS/c20-13-15-6-2-4-8-17(15)21-18(23)11-12-24-19-10-9-14-5-1-3-7-16(14)22-19/h1-10H,11-12H2,(H,21,23). The molecule has 0 saturated heterocycles. The lowest BCUT2D eigenvalue weighted by Crippen LogP contribution is -2.13. The molecule has 0 unspecified atom stereocenters. The second-order valence-electron chi connectivity index (χ2n) is 5.15. The van der Waals surface area contributed by atoms with Crippen molar-refractivity contribution in [2.45, 2.75) is 11.4 Å². The molecule has 2 aromatic carbocycles. The van der Waals surface area contributed by atoms with Gasteiger partial charge in [-0.25, -0.2) is 4.98 Å². The number of nitrogens with one attached hydrogen (secondary N) is 1. The maximum Gasteiger partial charge on any atom is 0.225 e. The molecule has 5 heteroatoms. The van der Waals surface area contributed by atoms with Gasteiger partial charge in [-0.3, -0.25) is 4.79 Å². The molecule has 4 nitrogen and oxygen atoms in total. The third kappa shape index (κ3) is 3.92. The predicted octanol–water partition coefficient (Wildman–Crippen LogP) is 4.23. The number of nitrogens with zero attached hydrogens (tertiary/aromatic N) is 2. The first-order valence-electron chi connectivity index (χ1n) is 7.54. The van der Waals surface area contributed by atoms with Crippen LogP contribution in [0.25, 0.3) is 10.9 Å². The van der Waals surface area contributed by atoms with Crippen LogP contribution >= 0.6 is 11.8 Å². The van der Waals surface area contributed by atoms with Gasteiger partial charge in [-0.2, -0.15) is 5.26 Å². The summed E-state index contributed by atoms with van der Waals surface area (Å²) in [6.07, 6.45) is 0.360. The van der Waals surface area contributed by atoms with Crippen LogP contribution in [0.1, 0.15) is 12.0 Å². The molecule has 1 heterocycles. The summed E-state index contributed by atoms with van der Waals surface area (Å²) in [5.41, 5.74) is 1.98. The summed E-state index contributed by atoms with van der Waals surface area (Å²) in [6, 6.07) is 21.0. The molecule has 1 N–H and O–H groups in total. The summed E-state index contributed by atoms with van der Waals surface area (Å²) in [4.78, 5) is 16.6. The number of thioether (sulfide) groups is 1. The first-order chi connectivity index (χ1) is 11.8. The normalized spacial score (nSPS) is 10.3. The average Bonchev–Trinajstić information content (AvgIpc) is 2.62. The number of nitriles is 1. The Kier molecular flexibility index (Phi) is 5.09. The van der Waals surface area contributed by atoms with Crippen LogP contribution in [0.5, 0.6) is 0 Å². The van der Waals surface area contributed by atoms with E-state index in [9.17, 15) is 4.79 Å². The lowest BCUT2D eigenvalue weighted by Gasteiger charge is -2.07. The van der Waals surface area contributed by atoms with Gasteiger partial charge in [-0.1, -0.05) is 36.4 Å². The molecule has 0 aliphatic heterocycles. The Morgan fingerprint density at radius 2 is 1.88 bits per heavy atom. The van der Waals surface area contributed by atoms with Gasteiger partial charge in [-0.15, -0.1) is 11.8 Å². The van der Waals surface area contributed by atoms with Crippen LogP contribution in [0.15, 0.2) is 65.7 Å². The van der Waals surface area contributed by atoms with Crippen molar-refractivity contribution in [2.24, 2.45) is 0 Å². The molecule has 0 spiro atoms. The van der Waals surface area contributed by atoms with Crippen LogP contribution in [-0.4, -0.2) is 16.6 Å². The molecule has 1 aromatic heterocycles. The number of rotatable bonds is 5. The SMILES string of the molecule is N#Cc1ccccc1NC(=O)CCSc1ccc2ccccc2n1. The molecule has 118 valence electrons. The summed E-state index contributed by atoms with van der Waals surface area (Å²) in [7, 11) is 0. The number of anilines is 1. The summed E-state index contributed by atoms with van der Waals surface area (Å²) in [5, 5.41) is 13.8. The van der Waals surface area contributed by atoms with Gasteiger partial charge in [0.2, 0.25) is 5.91 Å². The topological polar surface area (TPSA) is 65.8 Å². The molecule has 0 aliphatic rings. The Bertz CT molecular complexity index is 918. The summed E-state index contributed by atoms with van der Waals surface area (Å²) >= 11 is 1.55. The molecule has 0 atom stereocenters. The molecule has 0 aliphatic carbocycles. The van der Waals surface area contributed by atoms with Crippen LogP contribution in [0, 0.1) is 11.3 Å². The molecule has 0 saturated carbocycles. The fourth-order valence-electron chi connectivity index (χ4n) is 2.28. The highest BCUT2D eigenvalue weighted by molar-refractivity contribution is 7.99. The smallest absolute Gasteiger partial charge is 0.225 e. The van der Waals surface area contributed by atoms with Gasteiger partial charge in [0.1, 0.15) is 6.07 Å². The van der Waals surface area contributed by atoms with E-state index in [1.807, 2.05) is 36.4 Å². The molecular formula is C19H15N3OS. The third-order valence-electron chi connectivity index (χ3n) is 3.47. The zero-order chi connectivity index (χ0) is 16.8. The van der Waals surface area contributed by atoms with Crippen molar-refractivity contribution in [3.63, 3.8) is 0 Å². The Balaban J connectivity index is 1.55. The lowest BCUT2D eigenvalue weighted by molar-refractivity contribution is -0.115. The van der Waals surface area contributed by atoms with Gasteiger partial charge in [0.05, 0.1) is 21.8 Å². The maximum absolute atomic E-state index is 12.0. The maximum atomic E-state index is 12.0. The van der Waals surface area contributed by atoms with Crippen molar-refractivity contribution in [3.05, 3.63) is 66.2 Å². The average molecular weight is 333 g/mol. The van der Waals surface area contributed by atoms with E-state index in [0.29, 0.717) is 23.4 Å². The van der Waals surface area contributed by atoms with E-state index in [1.165, 1.54) is 0 Å². The van der Waals surface area contributed by atoms with Crippen LogP contribution in [-0.2, 0) is 4.79 Å². The van der Waals surface area contributed by atoms with Gasteiger partial charge in [0, 0.05) is 17.6 Å². The van der Waals surface area contributed by atoms with Crippen LogP contribution in [0.3, 0.4) is 0 Å². The van der Waals surface area contributed by atoms with E-state index in [4.69, 9.17) is 5.26 Å². The number of para-hydroxylation sites is 2. The first kappa shape index (κ1) is 16.0. The number of hydrogen-bond acceptors (Lipinski definition) is 4. The van der Waals surface area contributed by atoms with Crippen molar-refractivity contribution in [1.82, 2.24) is 4.98 Å². The van der Waals surface area contributed by atoms with Gasteiger partial charge in [0.15, 0.2) is 0 Å². The zero-order valence-electron chi connectivity index (χ0n) is 12.9. The number of hydrogen-bond donors (Lipinski definition) is 1. The zero-order valence-corrected chi connectivity index (χ0v) is 13.7. The fourth-order valence-corrected chi connectivity index (χ4v) is 3.10. The largest absolute Gasteiger partial charge is 0.325 e. The van der Waals surface area contributed by atoms with Crippen molar-refractivity contribution < 1.29 is 4.79 Å². The van der Waals surface area contributed by atoms with Gasteiger partial charge >= 0.3 is 0 Å². The van der Waals surface area contributed by atoms with Gasteiger partial charge in [0.25, 0.3) is 0 Å². The van der Waals surface area contributed by atoms with Crippen molar-refractivity contribution >= 4 is 34.3 Å². The van der Waals surface area contributed by atoms with E-state index in [-0.39, 0.29) is 5.91 Å². The van der Waals surface area contributed by atoms with Gasteiger partial charge < -0.3 is 5.32 Å². The highest BCUT2D eigenvalue weighted by atomic mass is 32.2. The first-order valence-corrected chi connectivity index (χ1v) is 8.52. The molecule has 24 heavy (non-hydrogen) atoms. The molecular weight excluding hydrogens is 318 g/mol. The predicted molar refractivity (Wildman–Crippen MR) is 96.9 cm³/mol. The minimum Gasteiger partial charge on any atom is -0.325 e. The Labute approximate surface area is 144 Å². The number of carbonyl (C=O) groups is 1. The van der Waals surface area contributed by atoms with Crippen molar-refractivity contribution in [1.29, 1.82) is 5.26 Å². The number of pyridine rings is 1. The summed E-state index contributed by atoms with van der Waals surface area (Å²) < 4.78 is 0. The minimum atomic E-state index is -0.106. The Morgan fingerprint density at radius 1 is 1.08 bits per heavy atom. The second-order valence-corrected chi connectivity index (χ2v) is 6.26. The summed E-state index contributed by atoms with van der Waals surface area (Å²) in [5.74, 6) is 0.525. The Hall–Kier alpha value is -2.84. The second kappa shape index (κ2) is 7.62. The number of aromatic nitrogens is 1. The minimum absolute atomic E-state index is 0.106. The van der Waals surface area contributed by atoms with E-state index in [0.717, 1.165) is 15.9 Å². The van der Waals surface area contributed by atoms with Gasteiger partial charge in [-0.05, 0) is 24.3 Å². The summed E-state index contributed by atoms with van der Waals surface area (Å²) in [6.45, 7) is 0. The number of carbonyl (C=O) groups excluding carboxylic acids is 1. The fraction of sp³-hybridized carbons (Fsp3) is 0.105. The quantitative estimate of drug-likeness (QED) is 0.710. The molecule has 1 amide bonds. The van der Waals surface area contributed by atoms with E-state index < -0.39 is 0 Å². The van der Waals surface area contributed by atoms with E-state index >= 15 is 0 Å². The number of fused-ring (bicyclic) bond motifs is 1. The Morgan fingerprint density at radius 3 is 2.75 bits per heavy atom. The monoisotopic (exact) mass is 333 g/mol. The molecule has 0 fully saturated rings. The molecule has 0 radical (unpaired) electrons. The third-order valence-corrected chi connectivity index (χ3v) is 4.40. The van der Waals surface area contributed by atoms with E-state index in [1.54, 1.807) is 36.0 Å². The van der Waals surface area contributed by atoms with Crippen molar-refractivity contribution in [2.75, 3.05) is 11.1 Å². The van der Waals surface area contributed by atoms with Crippen molar-refractivity contribution in [3.8, 4) is 6.07 Å². The van der Waals surface area contributed by atoms with Crippen LogP contribution in [0.2, 0.25) is 0 Å². The molecule has 3 aromatic rings. The highest BCUT2D eigenvalue weighted by Crippen LogP contribution is 2.21. The van der Waals surface area contributed by atoms with Crippen LogP contribution < -0.4 is 5.32 Å². The molecule has 3 rings (SSSR count). The number of benzene rings is 2. The van der Waals surface area contributed by atoms with E-state index in [2.05, 4.69) is 16.4 Å². The molecule has 0 bridgehead atoms. The van der Waals surface area contributed by atoms with Crippen LogP contribution in [0.4, 0.5) is 5.69 Å².